The van der Waals surface area contributed by atoms with E-state index in [1.807, 2.05) is 31.4 Å². The zero-order valence-corrected chi connectivity index (χ0v) is 14.9. The van der Waals surface area contributed by atoms with Crippen LogP contribution in [-0.4, -0.2) is 40.0 Å². The van der Waals surface area contributed by atoms with Crippen LogP contribution >= 0.6 is 11.3 Å². The van der Waals surface area contributed by atoms with Crippen molar-refractivity contribution in [1.82, 2.24) is 9.88 Å². The fourth-order valence-corrected chi connectivity index (χ4v) is 2.99. The van der Waals surface area contributed by atoms with Gasteiger partial charge in [-0.1, -0.05) is 19.9 Å². The van der Waals surface area contributed by atoms with Gasteiger partial charge in [-0.05, 0) is 24.3 Å². The van der Waals surface area contributed by atoms with Gasteiger partial charge in [0.25, 0.3) is 0 Å². The largest absolute Gasteiger partial charge is 0.481 e. The molecule has 0 aliphatic heterocycles. The molecule has 7 heteroatoms. The van der Waals surface area contributed by atoms with E-state index in [9.17, 15) is 9.59 Å². The van der Waals surface area contributed by atoms with Crippen LogP contribution < -0.4 is 0 Å². The zero-order chi connectivity index (χ0) is 17.7. The van der Waals surface area contributed by atoms with Crippen LogP contribution in [0, 0.1) is 12.8 Å². The molecule has 6 nitrogen and oxygen atoms in total. The Labute approximate surface area is 145 Å². The lowest BCUT2D eigenvalue weighted by molar-refractivity contribution is -0.138. The van der Waals surface area contributed by atoms with E-state index in [1.165, 1.54) is 11.3 Å². The number of amides is 1. The molecule has 1 amide bonds. The normalized spacial score (nSPS) is 11.0. The Morgan fingerprint density at radius 1 is 1.42 bits per heavy atom. The second-order valence-electron chi connectivity index (χ2n) is 6.05. The average molecular weight is 350 g/mol. The summed E-state index contributed by atoms with van der Waals surface area (Å²) < 4.78 is 5.65. The Balaban J connectivity index is 2.09. The van der Waals surface area contributed by atoms with Gasteiger partial charge < -0.3 is 14.4 Å². The summed E-state index contributed by atoms with van der Waals surface area (Å²) in [6.07, 6.45) is 0.0593. The fourth-order valence-electron chi connectivity index (χ4n) is 2.34. The topological polar surface area (TPSA) is 83.6 Å². The van der Waals surface area contributed by atoms with Crippen LogP contribution in [0.4, 0.5) is 0 Å². The first-order chi connectivity index (χ1) is 11.4. The van der Waals surface area contributed by atoms with Crippen molar-refractivity contribution < 1.29 is 19.1 Å². The van der Waals surface area contributed by atoms with Crippen LogP contribution in [0.3, 0.4) is 0 Å². The maximum atomic E-state index is 12.6. The average Bonchev–Trinajstić information content (AvgIpc) is 3.13. The van der Waals surface area contributed by atoms with Gasteiger partial charge in [0.1, 0.15) is 5.76 Å². The van der Waals surface area contributed by atoms with Gasteiger partial charge >= 0.3 is 5.97 Å². The third-order valence-corrected chi connectivity index (χ3v) is 4.33. The molecule has 130 valence electrons. The summed E-state index contributed by atoms with van der Waals surface area (Å²) in [7, 11) is 0. The molecule has 0 atom stereocenters. The van der Waals surface area contributed by atoms with Crippen molar-refractivity contribution in [3.8, 4) is 10.8 Å². The Morgan fingerprint density at radius 3 is 2.75 bits per heavy atom. The van der Waals surface area contributed by atoms with E-state index < -0.39 is 5.97 Å². The van der Waals surface area contributed by atoms with E-state index >= 15 is 0 Å². The Morgan fingerprint density at radius 2 is 2.17 bits per heavy atom. The molecule has 1 N–H and O–H groups in total. The molecule has 2 aromatic rings. The molecule has 24 heavy (non-hydrogen) atoms. The highest BCUT2D eigenvalue weighted by Crippen LogP contribution is 2.26. The third-order valence-electron chi connectivity index (χ3n) is 3.48. The van der Waals surface area contributed by atoms with E-state index in [1.54, 1.807) is 11.8 Å². The minimum atomic E-state index is -0.908. The first-order valence-electron chi connectivity index (χ1n) is 7.86. The van der Waals surface area contributed by atoms with E-state index in [0.717, 1.165) is 4.88 Å². The van der Waals surface area contributed by atoms with Crippen LogP contribution in [0.25, 0.3) is 10.8 Å². The van der Waals surface area contributed by atoms with Crippen molar-refractivity contribution in [2.45, 2.75) is 33.6 Å². The standard InChI is InChI=1S/C17H22N2O4S/c1-11(2)10-19(7-6-16(21)22)15(20)9-13-12(3)23-17(18-13)14-5-4-8-24-14/h4-5,8,11H,6-7,9-10H2,1-3H3,(H,21,22). The van der Waals surface area contributed by atoms with Gasteiger partial charge in [-0.3, -0.25) is 9.59 Å². The molecule has 0 unspecified atom stereocenters. The number of carbonyl (C=O) groups is 2. The Hall–Kier alpha value is -2.15. The first kappa shape index (κ1) is 18.2. The van der Waals surface area contributed by atoms with Gasteiger partial charge in [0.2, 0.25) is 11.8 Å². The predicted molar refractivity (Wildman–Crippen MR) is 91.9 cm³/mol. The van der Waals surface area contributed by atoms with Crippen molar-refractivity contribution in [2.75, 3.05) is 13.1 Å². The number of thiophene rings is 1. The van der Waals surface area contributed by atoms with Crippen molar-refractivity contribution in [2.24, 2.45) is 5.92 Å². The van der Waals surface area contributed by atoms with Crippen LogP contribution in [0.2, 0.25) is 0 Å². The number of hydrogen-bond donors (Lipinski definition) is 1. The summed E-state index contributed by atoms with van der Waals surface area (Å²) >= 11 is 1.53. The van der Waals surface area contributed by atoms with Crippen LogP contribution in [0.15, 0.2) is 21.9 Å². The van der Waals surface area contributed by atoms with Crippen molar-refractivity contribution in [3.63, 3.8) is 0 Å². The van der Waals surface area contributed by atoms with E-state index in [0.29, 0.717) is 23.9 Å². The third kappa shape index (κ3) is 4.92. The summed E-state index contributed by atoms with van der Waals surface area (Å²) in [5, 5.41) is 10.8. The quantitative estimate of drug-likeness (QED) is 0.790. The summed E-state index contributed by atoms with van der Waals surface area (Å²) in [6, 6.07) is 3.83. The molecule has 0 aliphatic rings. The van der Waals surface area contributed by atoms with Crippen LogP contribution in [0.5, 0.6) is 0 Å². The number of carboxylic acid groups (broad SMARTS) is 1. The molecule has 0 saturated heterocycles. The van der Waals surface area contributed by atoms with Gasteiger partial charge in [-0.25, -0.2) is 4.98 Å². The van der Waals surface area contributed by atoms with Gasteiger partial charge in [0.15, 0.2) is 0 Å². The number of carbonyl (C=O) groups excluding carboxylic acids is 1. The summed E-state index contributed by atoms with van der Waals surface area (Å²) in [6.45, 7) is 6.52. The van der Waals surface area contributed by atoms with E-state index in [2.05, 4.69) is 4.98 Å². The fraction of sp³-hybridized carbons (Fsp3) is 0.471. The summed E-state index contributed by atoms with van der Waals surface area (Å²) in [5.74, 6) is 0.372. The van der Waals surface area contributed by atoms with Gasteiger partial charge in [-0.15, -0.1) is 11.3 Å². The zero-order valence-electron chi connectivity index (χ0n) is 14.1. The minimum Gasteiger partial charge on any atom is -0.481 e. The monoisotopic (exact) mass is 350 g/mol. The van der Waals surface area contributed by atoms with Gasteiger partial charge in [0.05, 0.1) is 23.4 Å². The number of aliphatic carboxylic acids is 1. The van der Waals surface area contributed by atoms with Crippen LogP contribution in [0.1, 0.15) is 31.7 Å². The second kappa shape index (κ2) is 8.10. The Bertz CT molecular complexity index is 692. The van der Waals surface area contributed by atoms with Crippen molar-refractivity contribution in [3.05, 3.63) is 29.0 Å². The Kier molecular flexibility index (Phi) is 6.14. The number of hydrogen-bond acceptors (Lipinski definition) is 5. The minimum absolute atomic E-state index is 0.0588. The van der Waals surface area contributed by atoms with E-state index in [-0.39, 0.29) is 31.2 Å². The second-order valence-corrected chi connectivity index (χ2v) is 7.00. The van der Waals surface area contributed by atoms with Crippen LogP contribution in [-0.2, 0) is 16.0 Å². The number of rotatable bonds is 8. The molecule has 0 aromatic carbocycles. The van der Waals surface area contributed by atoms with Crippen molar-refractivity contribution in [1.29, 1.82) is 0 Å². The maximum absolute atomic E-state index is 12.6. The molecular weight excluding hydrogens is 328 g/mol. The predicted octanol–water partition coefficient (Wildman–Crippen LogP) is 3.21. The number of carboxylic acids is 1. The lowest BCUT2D eigenvalue weighted by Crippen LogP contribution is -2.37. The molecule has 2 aromatic heterocycles. The highest BCUT2D eigenvalue weighted by Gasteiger charge is 2.20. The lowest BCUT2D eigenvalue weighted by Gasteiger charge is -2.23. The summed E-state index contributed by atoms with van der Waals surface area (Å²) in [4.78, 5) is 30.3. The van der Waals surface area contributed by atoms with Gasteiger partial charge in [-0.2, -0.15) is 0 Å². The molecule has 0 fully saturated rings. The number of aryl methyl sites for hydroxylation is 1. The lowest BCUT2D eigenvalue weighted by atomic mass is 10.1. The highest BCUT2D eigenvalue weighted by molar-refractivity contribution is 7.13. The highest BCUT2D eigenvalue weighted by atomic mass is 32.1. The molecule has 2 heterocycles. The molecule has 0 aliphatic carbocycles. The molecular formula is C17H22N2O4S. The first-order valence-corrected chi connectivity index (χ1v) is 8.74. The number of oxazole rings is 1. The molecule has 2 rings (SSSR count). The van der Waals surface area contributed by atoms with Gasteiger partial charge in [0, 0.05) is 13.1 Å². The van der Waals surface area contributed by atoms with Crippen molar-refractivity contribution >= 4 is 23.2 Å². The number of nitrogens with zero attached hydrogens (tertiary/aromatic N) is 2. The number of aromatic nitrogens is 1. The molecule has 0 spiro atoms. The maximum Gasteiger partial charge on any atom is 0.305 e. The summed E-state index contributed by atoms with van der Waals surface area (Å²) in [5.41, 5.74) is 0.604. The molecule has 0 radical (unpaired) electrons. The molecule has 0 bridgehead atoms. The molecule has 0 saturated carbocycles. The van der Waals surface area contributed by atoms with E-state index in [4.69, 9.17) is 9.52 Å². The SMILES string of the molecule is Cc1oc(-c2cccs2)nc1CC(=O)N(CCC(=O)O)CC(C)C. The smallest absolute Gasteiger partial charge is 0.305 e.